The van der Waals surface area contributed by atoms with Gasteiger partial charge in [0.2, 0.25) is 5.91 Å². The number of hydrogen-bond acceptors (Lipinski definition) is 3. The highest BCUT2D eigenvalue weighted by Crippen LogP contribution is 2.20. The van der Waals surface area contributed by atoms with Gasteiger partial charge in [-0.25, -0.2) is 0 Å². The number of likely N-dealkylation sites (tertiary alicyclic amines) is 1. The molecule has 4 nitrogen and oxygen atoms in total. The van der Waals surface area contributed by atoms with Crippen molar-refractivity contribution < 1.29 is 9.90 Å². The zero-order valence-electron chi connectivity index (χ0n) is 14.8. The summed E-state index contributed by atoms with van der Waals surface area (Å²) in [5, 5.41) is 12.8. The van der Waals surface area contributed by atoms with Crippen molar-refractivity contribution in [1.82, 2.24) is 10.2 Å². The highest BCUT2D eigenvalue weighted by atomic mass is 16.3. The third-order valence-corrected chi connectivity index (χ3v) is 5.22. The number of amides is 1. The molecule has 1 heterocycles. The van der Waals surface area contributed by atoms with Crippen LogP contribution in [0.4, 0.5) is 0 Å². The minimum Gasteiger partial charge on any atom is -0.396 e. The molecule has 0 bridgehead atoms. The van der Waals surface area contributed by atoms with Crippen LogP contribution in [-0.4, -0.2) is 48.2 Å². The van der Waals surface area contributed by atoms with Crippen LogP contribution in [0.3, 0.4) is 0 Å². The minimum absolute atomic E-state index is 0.0495. The summed E-state index contributed by atoms with van der Waals surface area (Å²) in [5.74, 6) is 1.83. The van der Waals surface area contributed by atoms with Crippen LogP contribution in [0.25, 0.3) is 0 Å². The lowest BCUT2D eigenvalue weighted by atomic mass is 9.93. The molecule has 0 radical (unpaired) electrons. The minimum atomic E-state index is -0.0495. The van der Waals surface area contributed by atoms with Crippen molar-refractivity contribution in [2.75, 3.05) is 26.2 Å². The molecule has 1 fully saturated rings. The number of allylic oxidation sites excluding steroid dienone is 2. The molecule has 2 unspecified atom stereocenters. The Labute approximate surface area is 141 Å². The van der Waals surface area contributed by atoms with E-state index in [1.54, 1.807) is 0 Å². The Bertz CT molecular complexity index is 387. The van der Waals surface area contributed by atoms with Gasteiger partial charge in [0, 0.05) is 19.7 Å². The van der Waals surface area contributed by atoms with Gasteiger partial charge in [0.05, 0.1) is 6.04 Å². The molecule has 2 N–H and O–H groups in total. The van der Waals surface area contributed by atoms with Crippen molar-refractivity contribution in [2.45, 2.75) is 58.4 Å². The fourth-order valence-corrected chi connectivity index (χ4v) is 3.65. The van der Waals surface area contributed by atoms with Crippen molar-refractivity contribution in [2.24, 2.45) is 17.8 Å². The molecule has 132 valence electrons. The molecule has 23 heavy (non-hydrogen) atoms. The number of rotatable bonds is 7. The lowest BCUT2D eigenvalue weighted by Crippen LogP contribution is -2.50. The summed E-state index contributed by atoms with van der Waals surface area (Å²) in [4.78, 5) is 14.9. The molecule has 1 aliphatic heterocycles. The summed E-state index contributed by atoms with van der Waals surface area (Å²) in [6.07, 6.45) is 10.8. The first-order valence-corrected chi connectivity index (χ1v) is 9.38. The maximum Gasteiger partial charge on any atom is 0.239 e. The molecule has 0 aromatic rings. The highest BCUT2D eigenvalue weighted by molar-refractivity contribution is 5.82. The zero-order valence-corrected chi connectivity index (χ0v) is 14.8. The third kappa shape index (κ3) is 5.92. The van der Waals surface area contributed by atoms with Gasteiger partial charge in [0.25, 0.3) is 0 Å². The van der Waals surface area contributed by atoms with Crippen LogP contribution in [0.15, 0.2) is 12.2 Å². The Balaban J connectivity index is 1.86. The monoisotopic (exact) mass is 322 g/mol. The predicted molar refractivity (Wildman–Crippen MR) is 94.1 cm³/mol. The van der Waals surface area contributed by atoms with E-state index in [1.807, 2.05) is 4.90 Å². The van der Waals surface area contributed by atoms with E-state index in [-0.39, 0.29) is 18.6 Å². The van der Waals surface area contributed by atoms with E-state index in [2.05, 4.69) is 31.3 Å². The Morgan fingerprint density at radius 1 is 1.22 bits per heavy atom. The molecule has 2 atom stereocenters. The van der Waals surface area contributed by atoms with Crippen molar-refractivity contribution >= 4 is 5.91 Å². The average Bonchev–Trinajstić information content (AvgIpc) is 2.58. The van der Waals surface area contributed by atoms with E-state index in [0.717, 1.165) is 45.3 Å². The van der Waals surface area contributed by atoms with Crippen LogP contribution in [0.1, 0.15) is 52.4 Å². The first-order valence-electron chi connectivity index (χ1n) is 9.38. The number of aliphatic hydroxyl groups excluding tert-OH is 1. The van der Waals surface area contributed by atoms with Gasteiger partial charge in [-0.05, 0) is 62.8 Å². The Hall–Kier alpha value is -0.870. The van der Waals surface area contributed by atoms with E-state index in [1.165, 1.54) is 12.8 Å². The van der Waals surface area contributed by atoms with Crippen LogP contribution in [0.2, 0.25) is 0 Å². The summed E-state index contributed by atoms with van der Waals surface area (Å²) in [5.41, 5.74) is 0. The molecule has 1 saturated heterocycles. The summed E-state index contributed by atoms with van der Waals surface area (Å²) >= 11 is 0. The van der Waals surface area contributed by atoms with Gasteiger partial charge in [0.15, 0.2) is 0 Å². The maximum absolute atomic E-state index is 12.9. The fraction of sp³-hybridized carbons (Fsp3) is 0.842. The summed E-state index contributed by atoms with van der Waals surface area (Å²) in [7, 11) is 0. The van der Waals surface area contributed by atoms with Gasteiger partial charge in [-0.2, -0.15) is 0 Å². The lowest BCUT2D eigenvalue weighted by Gasteiger charge is -2.35. The van der Waals surface area contributed by atoms with Crippen LogP contribution in [0, 0.1) is 17.8 Å². The molecular weight excluding hydrogens is 288 g/mol. The van der Waals surface area contributed by atoms with Crippen LogP contribution in [-0.2, 0) is 4.79 Å². The molecule has 4 heteroatoms. The summed E-state index contributed by atoms with van der Waals surface area (Å²) < 4.78 is 0. The van der Waals surface area contributed by atoms with Crippen LogP contribution >= 0.6 is 0 Å². The Morgan fingerprint density at radius 2 is 1.96 bits per heavy atom. The maximum atomic E-state index is 12.9. The number of aliphatic hydroxyl groups is 1. The van der Waals surface area contributed by atoms with Crippen LogP contribution < -0.4 is 5.32 Å². The second-order valence-electron chi connectivity index (χ2n) is 7.69. The van der Waals surface area contributed by atoms with Crippen LogP contribution in [0.5, 0.6) is 0 Å². The highest BCUT2D eigenvalue weighted by Gasteiger charge is 2.28. The number of piperidine rings is 1. The molecular formula is C19H34N2O2. The van der Waals surface area contributed by atoms with Gasteiger partial charge in [-0.1, -0.05) is 26.0 Å². The molecule has 0 saturated carbocycles. The number of nitrogens with one attached hydrogen (secondary N) is 1. The van der Waals surface area contributed by atoms with E-state index in [4.69, 9.17) is 0 Å². The molecule has 0 spiro atoms. The molecule has 0 aromatic carbocycles. The summed E-state index contributed by atoms with van der Waals surface area (Å²) in [6.45, 7) is 7.16. The van der Waals surface area contributed by atoms with Crippen molar-refractivity contribution in [3.63, 3.8) is 0 Å². The molecule has 2 rings (SSSR count). The van der Waals surface area contributed by atoms with Gasteiger partial charge >= 0.3 is 0 Å². The molecule has 1 amide bonds. The Kier molecular flexibility index (Phi) is 7.57. The number of carbonyl (C=O) groups excluding carboxylic acids is 1. The van der Waals surface area contributed by atoms with Crippen molar-refractivity contribution in [3.8, 4) is 0 Å². The van der Waals surface area contributed by atoms with Crippen molar-refractivity contribution in [3.05, 3.63) is 12.2 Å². The fourth-order valence-electron chi connectivity index (χ4n) is 3.65. The van der Waals surface area contributed by atoms with E-state index < -0.39 is 0 Å². The summed E-state index contributed by atoms with van der Waals surface area (Å²) in [6, 6.07) is -0.0495. The first-order chi connectivity index (χ1) is 11.1. The molecule has 2 aliphatic rings. The van der Waals surface area contributed by atoms with Crippen molar-refractivity contribution in [1.29, 1.82) is 0 Å². The Morgan fingerprint density at radius 3 is 2.52 bits per heavy atom. The second-order valence-corrected chi connectivity index (χ2v) is 7.69. The van der Waals surface area contributed by atoms with E-state index in [9.17, 15) is 9.90 Å². The predicted octanol–water partition coefficient (Wildman–Crippen LogP) is 2.58. The topological polar surface area (TPSA) is 52.6 Å². The van der Waals surface area contributed by atoms with E-state index in [0.29, 0.717) is 17.8 Å². The number of carbonyl (C=O) groups is 1. The quantitative estimate of drug-likeness (QED) is 0.708. The van der Waals surface area contributed by atoms with Gasteiger partial charge < -0.3 is 15.3 Å². The van der Waals surface area contributed by atoms with Gasteiger partial charge in [-0.3, -0.25) is 4.79 Å². The second kappa shape index (κ2) is 9.43. The lowest BCUT2D eigenvalue weighted by molar-refractivity contribution is -0.135. The normalized spacial score (nSPS) is 24.2. The SMILES string of the molecule is CC(C)CC(NCC1CC=CCC1)C(=O)N1CCC(CO)CC1. The molecule has 1 aliphatic carbocycles. The molecule has 0 aromatic heterocycles. The average molecular weight is 322 g/mol. The first kappa shape index (κ1) is 18.5. The van der Waals surface area contributed by atoms with Gasteiger partial charge in [-0.15, -0.1) is 0 Å². The third-order valence-electron chi connectivity index (χ3n) is 5.22. The number of nitrogens with zero attached hydrogens (tertiary/aromatic N) is 1. The zero-order chi connectivity index (χ0) is 16.7. The standard InChI is InChI=1S/C19H34N2O2/c1-15(2)12-18(20-13-16-6-4-3-5-7-16)19(23)21-10-8-17(14-22)9-11-21/h3-4,15-18,20,22H,5-14H2,1-2H3. The van der Waals surface area contributed by atoms with Gasteiger partial charge in [0.1, 0.15) is 0 Å². The smallest absolute Gasteiger partial charge is 0.239 e. The van der Waals surface area contributed by atoms with E-state index >= 15 is 0 Å². The largest absolute Gasteiger partial charge is 0.396 e. The number of hydrogen-bond donors (Lipinski definition) is 2.